The summed E-state index contributed by atoms with van der Waals surface area (Å²) in [6.45, 7) is 7.94. The molecule has 1 unspecified atom stereocenters. The van der Waals surface area contributed by atoms with Gasteiger partial charge in [0.15, 0.2) is 0 Å². The molecule has 18 heavy (non-hydrogen) atoms. The molecule has 1 aromatic rings. The fraction of sp³-hybridized carbons (Fsp3) is 0.786. The molecular formula is C14H28N4. The van der Waals surface area contributed by atoms with Crippen molar-refractivity contribution in [2.24, 2.45) is 7.05 Å². The molecule has 0 fully saturated rings. The molecule has 1 atom stereocenters. The van der Waals surface area contributed by atoms with Crippen LogP contribution in [0, 0.1) is 0 Å². The van der Waals surface area contributed by atoms with Crippen molar-refractivity contribution in [2.45, 2.75) is 39.2 Å². The molecule has 0 aromatic carbocycles. The predicted octanol–water partition coefficient (Wildman–Crippen LogP) is 1.67. The van der Waals surface area contributed by atoms with E-state index in [1.165, 1.54) is 24.9 Å². The Morgan fingerprint density at radius 3 is 2.56 bits per heavy atom. The van der Waals surface area contributed by atoms with Crippen LogP contribution in [0.2, 0.25) is 0 Å². The largest absolute Gasteiger partial charge is 0.317 e. The van der Waals surface area contributed by atoms with Crippen LogP contribution in [0.25, 0.3) is 0 Å². The molecule has 0 amide bonds. The van der Waals surface area contributed by atoms with Gasteiger partial charge >= 0.3 is 0 Å². The molecule has 0 aliphatic heterocycles. The quantitative estimate of drug-likeness (QED) is 0.726. The molecule has 0 saturated carbocycles. The van der Waals surface area contributed by atoms with E-state index in [1.807, 2.05) is 17.9 Å². The van der Waals surface area contributed by atoms with Crippen molar-refractivity contribution in [3.8, 4) is 0 Å². The molecule has 104 valence electrons. The van der Waals surface area contributed by atoms with E-state index >= 15 is 0 Å². The maximum Gasteiger partial charge on any atom is 0.0521 e. The second kappa shape index (κ2) is 8.27. The molecule has 0 saturated heterocycles. The highest BCUT2D eigenvalue weighted by molar-refractivity contribution is 5.03. The summed E-state index contributed by atoms with van der Waals surface area (Å²) in [5.41, 5.74) is 1.33. The third-order valence-electron chi connectivity index (χ3n) is 3.64. The van der Waals surface area contributed by atoms with Gasteiger partial charge in [-0.15, -0.1) is 0 Å². The zero-order chi connectivity index (χ0) is 13.4. The lowest BCUT2D eigenvalue weighted by molar-refractivity contribution is 0.280. The molecular weight excluding hydrogens is 224 g/mol. The number of hydrogen-bond acceptors (Lipinski definition) is 3. The number of aryl methyl sites for hydroxylation is 2. The second-order valence-corrected chi connectivity index (χ2v) is 4.86. The van der Waals surface area contributed by atoms with E-state index in [1.54, 1.807) is 0 Å². The highest BCUT2D eigenvalue weighted by atomic mass is 15.2. The molecule has 0 bridgehead atoms. The van der Waals surface area contributed by atoms with Crippen molar-refractivity contribution in [1.29, 1.82) is 0 Å². The van der Waals surface area contributed by atoms with E-state index in [0.29, 0.717) is 6.04 Å². The third kappa shape index (κ3) is 5.19. The minimum atomic E-state index is 0.603. The number of rotatable bonds is 9. The topological polar surface area (TPSA) is 33.1 Å². The van der Waals surface area contributed by atoms with Crippen molar-refractivity contribution in [3.05, 3.63) is 18.0 Å². The Morgan fingerprint density at radius 2 is 2.06 bits per heavy atom. The van der Waals surface area contributed by atoms with Gasteiger partial charge in [-0.1, -0.05) is 13.8 Å². The molecule has 1 rings (SSSR count). The van der Waals surface area contributed by atoms with Gasteiger partial charge in [0.25, 0.3) is 0 Å². The van der Waals surface area contributed by atoms with Crippen LogP contribution in [-0.2, 0) is 13.5 Å². The van der Waals surface area contributed by atoms with Gasteiger partial charge in [0, 0.05) is 19.3 Å². The normalized spacial score (nSPS) is 13.2. The first-order chi connectivity index (χ1) is 8.69. The van der Waals surface area contributed by atoms with E-state index in [0.717, 1.165) is 19.5 Å². The molecule has 0 aliphatic rings. The summed E-state index contributed by atoms with van der Waals surface area (Å²) in [7, 11) is 4.04. The SMILES string of the molecule is CCN(CC)CCC(CCc1cnn(C)c1)NC. The Balaban J connectivity index is 2.28. The maximum atomic E-state index is 4.21. The van der Waals surface area contributed by atoms with Crippen LogP contribution in [0.5, 0.6) is 0 Å². The Labute approximate surface area is 111 Å². The zero-order valence-corrected chi connectivity index (χ0v) is 12.3. The summed E-state index contributed by atoms with van der Waals surface area (Å²) in [4.78, 5) is 2.48. The maximum absolute atomic E-state index is 4.21. The van der Waals surface area contributed by atoms with Crippen molar-refractivity contribution in [2.75, 3.05) is 26.7 Å². The molecule has 1 heterocycles. The summed E-state index contributed by atoms with van der Waals surface area (Å²) in [6.07, 6.45) is 7.59. The summed E-state index contributed by atoms with van der Waals surface area (Å²) in [5, 5.41) is 7.64. The van der Waals surface area contributed by atoms with Crippen LogP contribution in [0.4, 0.5) is 0 Å². The fourth-order valence-electron chi connectivity index (χ4n) is 2.25. The first kappa shape index (κ1) is 15.2. The summed E-state index contributed by atoms with van der Waals surface area (Å²) in [5.74, 6) is 0. The van der Waals surface area contributed by atoms with Gasteiger partial charge in [0.05, 0.1) is 6.20 Å². The van der Waals surface area contributed by atoms with Crippen molar-refractivity contribution in [3.63, 3.8) is 0 Å². The van der Waals surface area contributed by atoms with E-state index in [4.69, 9.17) is 0 Å². The van der Waals surface area contributed by atoms with Gasteiger partial charge in [-0.25, -0.2) is 0 Å². The summed E-state index contributed by atoms with van der Waals surface area (Å²) in [6, 6.07) is 0.603. The molecule has 0 radical (unpaired) electrons. The lowest BCUT2D eigenvalue weighted by Crippen LogP contribution is -2.32. The minimum absolute atomic E-state index is 0.603. The van der Waals surface area contributed by atoms with E-state index in [9.17, 15) is 0 Å². The Bertz CT molecular complexity index is 317. The average Bonchev–Trinajstić information content (AvgIpc) is 2.80. The molecule has 4 nitrogen and oxygen atoms in total. The van der Waals surface area contributed by atoms with E-state index in [2.05, 4.69) is 42.4 Å². The third-order valence-corrected chi connectivity index (χ3v) is 3.64. The highest BCUT2D eigenvalue weighted by Crippen LogP contribution is 2.07. The summed E-state index contributed by atoms with van der Waals surface area (Å²) < 4.78 is 1.87. The monoisotopic (exact) mass is 252 g/mol. The van der Waals surface area contributed by atoms with Gasteiger partial charge in [-0.3, -0.25) is 4.68 Å². The lowest BCUT2D eigenvalue weighted by Gasteiger charge is -2.22. The number of aromatic nitrogens is 2. The first-order valence-electron chi connectivity index (χ1n) is 7.06. The lowest BCUT2D eigenvalue weighted by atomic mass is 10.1. The highest BCUT2D eigenvalue weighted by Gasteiger charge is 2.09. The van der Waals surface area contributed by atoms with Gasteiger partial charge < -0.3 is 10.2 Å². The Morgan fingerprint density at radius 1 is 1.33 bits per heavy atom. The predicted molar refractivity (Wildman–Crippen MR) is 76.8 cm³/mol. The zero-order valence-electron chi connectivity index (χ0n) is 12.3. The standard InChI is InChI=1S/C14H28N4/c1-5-18(6-2)10-9-14(15-3)8-7-13-11-16-17(4)12-13/h11-12,14-15H,5-10H2,1-4H3. The minimum Gasteiger partial charge on any atom is -0.317 e. The smallest absolute Gasteiger partial charge is 0.0521 e. The van der Waals surface area contributed by atoms with Crippen molar-refractivity contribution < 1.29 is 0 Å². The van der Waals surface area contributed by atoms with Crippen molar-refractivity contribution in [1.82, 2.24) is 20.0 Å². The van der Waals surface area contributed by atoms with Crippen LogP contribution < -0.4 is 5.32 Å². The summed E-state index contributed by atoms with van der Waals surface area (Å²) >= 11 is 0. The average molecular weight is 252 g/mol. The molecule has 1 aromatic heterocycles. The molecule has 4 heteroatoms. The van der Waals surface area contributed by atoms with Gasteiger partial charge in [-0.05, 0) is 51.5 Å². The first-order valence-corrected chi connectivity index (χ1v) is 7.06. The van der Waals surface area contributed by atoms with E-state index in [-0.39, 0.29) is 0 Å². The van der Waals surface area contributed by atoms with Crippen LogP contribution in [0.3, 0.4) is 0 Å². The van der Waals surface area contributed by atoms with E-state index < -0.39 is 0 Å². The van der Waals surface area contributed by atoms with Crippen LogP contribution in [0.1, 0.15) is 32.3 Å². The van der Waals surface area contributed by atoms with Gasteiger partial charge in [0.2, 0.25) is 0 Å². The molecule has 0 spiro atoms. The van der Waals surface area contributed by atoms with Crippen LogP contribution in [-0.4, -0.2) is 47.4 Å². The molecule has 1 N–H and O–H groups in total. The number of nitrogens with zero attached hydrogens (tertiary/aromatic N) is 3. The van der Waals surface area contributed by atoms with Gasteiger partial charge in [0.1, 0.15) is 0 Å². The second-order valence-electron chi connectivity index (χ2n) is 4.86. The van der Waals surface area contributed by atoms with Crippen molar-refractivity contribution >= 4 is 0 Å². The van der Waals surface area contributed by atoms with Crippen LogP contribution in [0.15, 0.2) is 12.4 Å². The Kier molecular flexibility index (Phi) is 6.98. The number of nitrogens with one attached hydrogen (secondary N) is 1. The fourth-order valence-corrected chi connectivity index (χ4v) is 2.25. The van der Waals surface area contributed by atoms with Crippen LogP contribution >= 0.6 is 0 Å². The van der Waals surface area contributed by atoms with Gasteiger partial charge in [-0.2, -0.15) is 5.10 Å². The molecule has 0 aliphatic carbocycles. The Hall–Kier alpha value is -0.870. The number of hydrogen-bond donors (Lipinski definition) is 1.